The van der Waals surface area contributed by atoms with E-state index in [1.165, 1.54) is 11.7 Å². The van der Waals surface area contributed by atoms with Gasteiger partial charge in [0, 0.05) is 18.3 Å². The zero-order valence-electron chi connectivity index (χ0n) is 8.59. The number of nitrogens with one attached hydrogen (secondary N) is 1. The molecule has 0 amide bonds. The molecule has 1 N–H and O–H groups in total. The highest BCUT2D eigenvalue weighted by Crippen LogP contribution is 2.22. The molecule has 1 atom stereocenters. The molecule has 0 bridgehead atoms. The molecular weight excluding hydrogens is 218 g/mol. The van der Waals surface area contributed by atoms with Crippen LogP contribution in [0.15, 0.2) is 0 Å². The van der Waals surface area contributed by atoms with E-state index in [-0.39, 0.29) is 0 Å². The Morgan fingerprint density at radius 1 is 1.50 bits per heavy atom. The molecular formula is C9H16ClN3S. The lowest BCUT2D eigenvalue weighted by molar-refractivity contribution is 0.566. The molecule has 0 aliphatic carbocycles. The summed E-state index contributed by atoms with van der Waals surface area (Å²) in [6.45, 7) is 2.96. The first kappa shape index (κ1) is 11.9. The van der Waals surface area contributed by atoms with E-state index in [4.69, 9.17) is 11.6 Å². The summed E-state index contributed by atoms with van der Waals surface area (Å²) >= 11 is 6.99. The van der Waals surface area contributed by atoms with E-state index in [2.05, 4.69) is 14.1 Å². The van der Waals surface area contributed by atoms with E-state index < -0.39 is 0 Å². The number of rotatable bonds is 6. The molecule has 0 radical (unpaired) electrons. The predicted molar refractivity (Wildman–Crippen MR) is 61.3 cm³/mol. The Labute approximate surface area is 94.2 Å². The Morgan fingerprint density at radius 3 is 2.79 bits per heavy atom. The molecule has 14 heavy (non-hydrogen) atoms. The van der Waals surface area contributed by atoms with Crippen molar-refractivity contribution in [3.63, 3.8) is 0 Å². The number of hydrogen-bond acceptors (Lipinski definition) is 4. The lowest BCUT2D eigenvalue weighted by atomic mass is 9.98. The topological polar surface area (TPSA) is 37.8 Å². The first-order chi connectivity index (χ1) is 6.79. The van der Waals surface area contributed by atoms with Crippen molar-refractivity contribution in [3.05, 3.63) is 11.4 Å². The number of alkyl halides is 1. The highest BCUT2D eigenvalue weighted by molar-refractivity contribution is 6.99. The second-order valence-corrected chi connectivity index (χ2v) is 4.23. The standard InChI is InChI=1S/C9H16ClN3S/c1-7-9(13-14-12-7)8(6-11-2)4-3-5-10/h8,11H,3-6H2,1-2H3. The molecule has 1 aromatic heterocycles. The summed E-state index contributed by atoms with van der Waals surface area (Å²) in [4.78, 5) is 0. The van der Waals surface area contributed by atoms with E-state index in [1.807, 2.05) is 14.0 Å². The maximum atomic E-state index is 5.69. The van der Waals surface area contributed by atoms with Crippen molar-refractivity contribution in [2.24, 2.45) is 0 Å². The second-order valence-electron chi connectivity index (χ2n) is 3.32. The van der Waals surface area contributed by atoms with Crippen molar-refractivity contribution < 1.29 is 0 Å². The van der Waals surface area contributed by atoms with Gasteiger partial charge in [-0.1, -0.05) is 0 Å². The minimum absolute atomic E-state index is 0.456. The molecule has 0 spiro atoms. The Hall–Kier alpha value is -0.190. The predicted octanol–water partition coefficient (Wildman–Crippen LogP) is 2.17. The Morgan fingerprint density at radius 2 is 2.29 bits per heavy atom. The van der Waals surface area contributed by atoms with Gasteiger partial charge in [-0.3, -0.25) is 0 Å². The maximum Gasteiger partial charge on any atom is 0.0815 e. The molecule has 1 aromatic rings. The van der Waals surface area contributed by atoms with Crippen LogP contribution in [0, 0.1) is 6.92 Å². The first-order valence-electron chi connectivity index (χ1n) is 4.79. The van der Waals surface area contributed by atoms with Crippen LogP contribution in [-0.2, 0) is 0 Å². The molecule has 0 aliphatic heterocycles. The van der Waals surface area contributed by atoms with Gasteiger partial charge in [0.15, 0.2) is 0 Å². The Bertz CT molecular complexity index is 264. The van der Waals surface area contributed by atoms with Gasteiger partial charge < -0.3 is 5.32 Å². The van der Waals surface area contributed by atoms with Gasteiger partial charge in [0.25, 0.3) is 0 Å². The van der Waals surface area contributed by atoms with E-state index >= 15 is 0 Å². The van der Waals surface area contributed by atoms with E-state index in [1.54, 1.807) is 0 Å². The lowest BCUT2D eigenvalue weighted by Crippen LogP contribution is -2.18. The average Bonchev–Trinajstić information content (AvgIpc) is 2.59. The molecule has 0 aliphatic rings. The normalized spacial score (nSPS) is 13.1. The fourth-order valence-electron chi connectivity index (χ4n) is 1.51. The van der Waals surface area contributed by atoms with Crippen LogP contribution in [0.4, 0.5) is 0 Å². The van der Waals surface area contributed by atoms with E-state index in [0.717, 1.165) is 36.7 Å². The molecule has 5 heteroatoms. The third-order valence-electron chi connectivity index (χ3n) is 2.21. The van der Waals surface area contributed by atoms with Crippen LogP contribution >= 0.6 is 23.3 Å². The van der Waals surface area contributed by atoms with Crippen molar-refractivity contribution in [3.8, 4) is 0 Å². The van der Waals surface area contributed by atoms with Gasteiger partial charge in [-0.15, -0.1) is 11.6 Å². The van der Waals surface area contributed by atoms with Crippen LogP contribution in [0.25, 0.3) is 0 Å². The molecule has 1 heterocycles. The highest BCUT2D eigenvalue weighted by atomic mass is 35.5. The minimum atomic E-state index is 0.456. The third-order valence-corrected chi connectivity index (χ3v) is 3.11. The largest absolute Gasteiger partial charge is 0.319 e. The quantitative estimate of drug-likeness (QED) is 0.766. The van der Waals surface area contributed by atoms with Gasteiger partial charge in [-0.25, -0.2) is 0 Å². The summed E-state index contributed by atoms with van der Waals surface area (Å²) < 4.78 is 8.53. The summed E-state index contributed by atoms with van der Waals surface area (Å²) in [5, 5.41) is 3.19. The van der Waals surface area contributed by atoms with Crippen molar-refractivity contribution in [2.75, 3.05) is 19.5 Å². The van der Waals surface area contributed by atoms with Crippen molar-refractivity contribution in [2.45, 2.75) is 25.7 Å². The SMILES string of the molecule is CNCC(CCCCl)c1nsnc1C. The van der Waals surface area contributed by atoms with Crippen molar-refractivity contribution in [1.82, 2.24) is 14.1 Å². The maximum absolute atomic E-state index is 5.69. The Balaban J connectivity index is 2.62. The van der Waals surface area contributed by atoms with E-state index in [0.29, 0.717) is 5.92 Å². The van der Waals surface area contributed by atoms with Gasteiger partial charge in [-0.05, 0) is 26.8 Å². The number of aryl methyl sites for hydroxylation is 1. The molecule has 0 saturated carbocycles. The monoisotopic (exact) mass is 233 g/mol. The number of nitrogens with zero attached hydrogens (tertiary/aromatic N) is 2. The number of hydrogen-bond donors (Lipinski definition) is 1. The fraction of sp³-hybridized carbons (Fsp3) is 0.778. The first-order valence-corrected chi connectivity index (χ1v) is 6.05. The average molecular weight is 234 g/mol. The van der Waals surface area contributed by atoms with Crippen molar-refractivity contribution >= 4 is 23.3 Å². The molecule has 0 aromatic carbocycles. The van der Waals surface area contributed by atoms with Crippen LogP contribution in [0.3, 0.4) is 0 Å². The summed E-state index contributed by atoms with van der Waals surface area (Å²) in [7, 11) is 1.96. The summed E-state index contributed by atoms with van der Waals surface area (Å²) in [5.41, 5.74) is 2.19. The molecule has 3 nitrogen and oxygen atoms in total. The molecule has 1 unspecified atom stereocenters. The van der Waals surface area contributed by atoms with E-state index in [9.17, 15) is 0 Å². The zero-order valence-corrected chi connectivity index (χ0v) is 10.2. The molecule has 80 valence electrons. The highest BCUT2D eigenvalue weighted by Gasteiger charge is 2.16. The third kappa shape index (κ3) is 3.19. The molecule has 0 saturated heterocycles. The number of aromatic nitrogens is 2. The van der Waals surface area contributed by atoms with Gasteiger partial charge in [-0.2, -0.15) is 8.75 Å². The molecule has 0 fully saturated rings. The fourth-order valence-corrected chi connectivity index (χ4v) is 2.29. The lowest BCUT2D eigenvalue weighted by Gasteiger charge is -2.13. The Kier molecular flexibility index (Phi) is 5.37. The molecule has 1 rings (SSSR count). The summed E-state index contributed by atoms with van der Waals surface area (Å²) in [6, 6.07) is 0. The number of likely N-dealkylation sites (N-methyl/N-ethyl adjacent to an activating group) is 1. The van der Waals surface area contributed by atoms with Crippen LogP contribution in [0.2, 0.25) is 0 Å². The second kappa shape index (κ2) is 6.32. The smallest absolute Gasteiger partial charge is 0.0815 e. The van der Waals surface area contributed by atoms with Crippen LogP contribution in [0.5, 0.6) is 0 Å². The van der Waals surface area contributed by atoms with Crippen LogP contribution in [-0.4, -0.2) is 28.2 Å². The van der Waals surface area contributed by atoms with Gasteiger partial charge in [0.2, 0.25) is 0 Å². The van der Waals surface area contributed by atoms with Crippen LogP contribution < -0.4 is 5.32 Å². The van der Waals surface area contributed by atoms with Gasteiger partial charge >= 0.3 is 0 Å². The minimum Gasteiger partial charge on any atom is -0.319 e. The van der Waals surface area contributed by atoms with Gasteiger partial charge in [0.05, 0.1) is 23.1 Å². The summed E-state index contributed by atoms with van der Waals surface area (Å²) in [5.74, 6) is 1.18. The summed E-state index contributed by atoms with van der Waals surface area (Å²) in [6.07, 6.45) is 2.11. The van der Waals surface area contributed by atoms with Crippen LogP contribution in [0.1, 0.15) is 30.1 Å². The van der Waals surface area contributed by atoms with Crippen molar-refractivity contribution in [1.29, 1.82) is 0 Å². The zero-order chi connectivity index (χ0) is 10.4. The number of halogens is 1. The van der Waals surface area contributed by atoms with Gasteiger partial charge in [0.1, 0.15) is 0 Å².